The van der Waals surface area contributed by atoms with E-state index in [1.165, 1.54) is 0 Å². The third kappa shape index (κ3) is 5.34. The van der Waals surface area contributed by atoms with Gasteiger partial charge in [-0.1, -0.05) is 12.1 Å². The van der Waals surface area contributed by atoms with Gasteiger partial charge in [0.1, 0.15) is 11.5 Å². The average molecular weight is 500 g/mol. The molecular formula is C29H29N3O5. The number of ether oxygens (including phenoxy) is 1. The number of carbonyl (C=O) groups is 2. The first-order valence-corrected chi connectivity index (χ1v) is 12.3. The number of carbonyl (C=O) groups excluding carboxylic acids is 2. The molecule has 3 N–H and O–H groups in total. The van der Waals surface area contributed by atoms with Crippen molar-refractivity contribution in [2.75, 3.05) is 20.2 Å². The zero-order valence-electron chi connectivity index (χ0n) is 20.6. The van der Waals surface area contributed by atoms with Gasteiger partial charge in [-0.15, -0.1) is 0 Å². The van der Waals surface area contributed by atoms with Gasteiger partial charge in [0.15, 0.2) is 0 Å². The van der Waals surface area contributed by atoms with E-state index in [-0.39, 0.29) is 30.2 Å². The number of phenolic OH excluding ortho intramolecular Hbond substituents is 1. The summed E-state index contributed by atoms with van der Waals surface area (Å²) >= 11 is 0. The molecule has 0 bridgehead atoms. The maximum atomic E-state index is 12.9. The molecule has 37 heavy (non-hydrogen) atoms. The van der Waals surface area contributed by atoms with E-state index >= 15 is 0 Å². The molecule has 0 spiro atoms. The molecule has 8 heteroatoms. The molecule has 3 aromatic rings. The Labute approximate surface area is 215 Å². The van der Waals surface area contributed by atoms with Crippen LogP contribution in [0.15, 0.2) is 65.7 Å². The highest BCUT2D eigenvalue weighted by atomic mass is 16.5. The smallest absolute Gasteiger partial charge is 0.254 e. The number of aliphatic imine (C=N–C) groups is 1. The minimum Gasteiger partial charge on any atom is -0.508 e. The van der Waals surface area contributed by atoms with Crippen LogP contribution in [0.25, 0.3) is 0 Å². The van der Waals surface area contributed by atoms with Crippen molar-refractivity contribution in [1.29, 1.82) is 0 Å². The Kier molecular flexibility index (Phi) is 6.92. The van der Waals surface area contributed by atoms with Crippen LogP contribution < -0.4 is 10.1 Å². The number of fused-ring (bicyclic) bond motifs is 2. The minimum absolute atomic E-state index is 0.0334. The van der Waals surface area contributed by atoms with Crippen LogP contribution in [-0.4, -0.2) is 65.5 Å². The van der Waals surface area contributed by atoms with E-state index in [1.54, 1.807) is 55.8 Å². The number of hydrogen-bond acceptors (Lipinski definition) is 6. The first kappa shape index (κ1) is 24.5. The van der Waals surface area contributed by atoms with Crippen molar-refractivity contribution in [3.63, 3.8) is 0 Å². The fourth-order valence-corrected chi connectivity index (χ4v) is 4.80. The van der Waals surface area contributed by atoms with Crippen molar-refractivity contribution in [2.24, 2.45) is 4.99 Å². The van der Waals surface area contributed by atoms with E-state index in [0.29, 0.717) is 42.8 Å². The van der Waals surface area contributed by atoms with Gasteiger partial charge in [0.05, 0.1) is 19.3 Å². The Balaban J connectivity index is 1.17. The van der Waals surface area contributed by atoms with Gasteiger partial charge in [-0.3, -0.25) is 14.6 Å². The highest BCUT2D eigenvalue weighted by Crippen LogP contribution is 2.24. The lowest BCUT2D eigenvalue weighted by molar-refractivity contribution is 0.0734. The number of nitrogens with one attached hydrogen (secondary N) is 1. The molecule has 8 nitrogen and oxygen atoms in total. The first-order chi connectivity index (χ1) is 17.9. The molecule has 2 aliphatic rings. The molecule has 0 aliphatic carbocycles. The van der Waals surface area contributed by atoms with Crippen molar-refractivity contribution in [2.45, 2.75) is 31.5 Å². The second-order valence-corrected chi connectivity index (χ2v) is 9.40. The quantitative estimate of drug-likeness (QED) is 0.483. The summed E-state index contributed by atoms with van der Waals surface area (Å²) in [6.07, 6.45) is 2.01. The second kappa shape index (κ2) is 10.4. The Morgan fingerprint density at radius 2 is 1.81 bits per heavy atom. The largest absolute Gasteiger partial charge is 0.508 e. The highest BCUT2D eigenvalue weighted by molar-refractivity contribution is 5.95. The molecule has 1 unspecified atom stereocenters. The molecule has 3 aromatic carbocycles. The van der Waals surface area contributed by atoms with Gasteiger partial charge in [-0.05, 0) is 83.6 Å². The van der Waals surface area contributed by atoms with E-state index in [4.69, 9.17) is 4.74 Å². The molecule has 2 aliphatic heterocycles. The fraction of sp³-hybridized carbons (Fsp3) is 0.276. The topological polar surface area (TPSA) is 111 Å². The summed E-state index contributed by atoms with van der Waals surface area (Å²) in [6, 6.07) is 17.3. The molecule has 190 valence electrons. The fourth-order valence-electron chi connectivity index (χ4n) is 4.80. The summed E-state index contributed by atoms with van der Waals surface area (Å²) in [5.74, 6) is 0.590. The standard InChI is InChI=1S/C29H29N3O5/c1-37-25-8-5-18(6-9-25)29(36)32-11-10-20-12-21(2-3-22(20)17-32)28(35)31-16-27(34)26-14-19-4-7-24(33)13-23(19)15-30-26/h2-9,12-13,15,26-27,33-34H,10-11,14,16-17H2,1H3,(H,31,35)/t26?,27-/m1/s1. The number of phenols is 1. The number of benzene rings is 3. The summed E-state index contributed by atoms with van der Waals surface area (Å²) in [7, 11) is 1.59. The first-order valence-electron chi connectivity index (χ1n) is 12.3. The molecule has 0 radical (unpaired) electrons. The van der Waals surface area contributed by atoms with E-state index in [9.17, 15) is 19.8 Å². The maximum Gasteiger partial charge on any atom is 0.254 e. The number of aromatic hydroxyl groups is 1. The number of aliphatic hydroxyl groups excluding tert-OH is 1. The SMILES string of the molecule is COc1ccc(C(=O)N2CCc3cc(C(=O)NC[C@@H](O)C4Cc5ccc(O)cc5C=N4)ccc3C2)cc1. The van der Waals surface area contributed by atoms with Gasteiger partial charge in [0.25, 0.3) is 11.8 Å². The van der Waals surface area contributed by atoms with E-state index in [1.807, 2.05) is 23.1 Å². The summed E-state index contributed by atoms with van der Waals surface area (Å²) in [5.41, 5.74) is 5.04. The number of rotatable bonds is 6. The van der Waals surface area contributed by atoms with Crippen molar-refractivity contribution >= 4 is 18.0 Å². The second-order valence-electron chi connectivity index (χ2n) is 9.40. The predicted molar refractivity (Wildman–Crippen MR) is 139 cm³/mol. The molecule has 0 aromatic heterocycles. The van der Waals surface area contributed by atoms with Crippen LogP contribution in [-0.2, 0) is 19.4 Å². The number of amides is 2. The minimum atomic E-state index is -0.836. The summed E-state index contributed by atoms with van der Waals surface area (Å²) < 4.78 is 5.16. The summed E-state index contributed by atoms with van der Waals surface area (Å²) in [6.45, 7) is 1.13. The van der Waals surface area contributed by atoms with Crippen LogP contribution in [0.1, 0.15) is 43.0 Å². The molecule has 5 rings (SSSR count). The van der Waals surface area contributed by atoms with Gasteiger partial charge in [-0.2, -0.15) is 0 Å². The molecule has 2 atom stereocenters. The normalized spacial score (nSPS) is 16.9. The zero-order chi connectivity index (χ0) is 25.9. The average Bonchev–Trinajstić information content (AvgIpc) is 2.94. The summed E-state index contributed by atoms with van der Waals surface area (Å²) in [5, 5.41) is 23.1. The van der Waals surface area contributed by atoms with E-state index in [0.717, 1.165) is 22.3 Å². The van der Waals surface area contributed by atoms with Crippen LogP contribution in [0.2, 0.25) is 0 Å². The number of aliphatic hydroxyl groups is 1. The lowest BCUT2D eigenvalue weighted by atomic mass is 9.94. The van der Waals surface area contributed by atoms with Crippen LogP contribution in [0.5, 0.6) is 11.5 Å². The van der Waals surface area contributed by atoms with Crippen LogP contribution in [0.4, 0.5) is 0 Å². The zero-order valence-corrected chi connectivity index (χ0v) is 20.6. The lowest BCUT2D eigenvalue weighted by Gasteiger charge is -2.29. The molecular weight excluding hydrogens is 470 g/mol. The van der Waals surface area contributed by atoms with Crippen LogP contribution in [0, 0.1) is 0 Å². The Morgan fingerprint density at radius 1 is 1.05 bits per heavy atom. The van der Waals surface area contributed by atoms with Crippen molar-refractivity contribution in [3.05, 3.63) is 94.0 Å². The van der Waals surface area contributed by atoms with Gasteiger partial charge < -0.3 is 25.2 Å². The van der Waals surface area contributed by atoms with E-state index < -0.39 is 6.10 Å². The van der Waals surface area contributed by atoms with Crippen molar-refractivity contribution in [1.82, 2.24) is 10.2 Å². The van der Waals surface area contributed by atoms with Crippen molar-refractivity contribution in [3.8, 4) is 11.5 Å². The number of hydrogen-bond donors (Lipinski definition) is 3. The number of nitrogens with zero attached hydrogens (tertiary/aromatic N) is 2. The van der Waals surface area contributed by atoms with Gasteiger partial charge in [0.2, 0.25) is 0 Å². The van der Waals surface area contributed by atoms with Crippen LogP contribution in [0.3, 0.4) is 0 Å². The summed E-state index contributed by atoms with van der Waals surface area (Å²) in [4.78, 5) is 31.9. The molecule has 2 heterocycles. The van der Waals surface area contributed by atoms with Crippen LogP contribution >= 0.6 is 0 Å². The van der Waals surface area contributed by atoms with Gasteiger partial charge in [-0.25, -0.2) is 0 Å². The Hall–Kier alpha value is -4.17. The monoisotopic (exact) mass is 499 g/mol. The Bertz CT molecular complexity index is 1350. The molecule has 0 saturated heterocycles. The molecule has 2 amide bonds. The predicted octanol–water partition coefficient (Wildman–Crippen LogP) is 2.73. The van der Waals surface area contributed by atoms with Gasteiger partial charge >= 0.3 is 0 Å². The van der Waals surface area contributed by atoms with E-state index in [2.05, 4.69) is 10.3 Å². The molecule has 0 fully saturated rings. The third-order valence-electron chi connectivity index (χ3n) is 6.98. The number of methoxy groups -OCH3 is 1. The lowest BCUT2D eigenvalue weighted by Crippen LogP contribution is -2.40. The maximum absolute atomic E-state index is 12.9. The molecule has 0 saturated carbocycles. The van der Waals surface area contributed by atoms with Gasteiger partial charge in [0, 0.05) is 37.0 Å². The third-order valence-corrected chi connectivity index (χ3v) is 6.98. The Morgan fingerprint density at radius 3 is 2.59 bits per heavy atom. The van der Waals surface area contributed by atoms with Crippen molar-refractivity contribution < 1.29 is 24.5 Å². The highest BCUT2D eigenvalue weighted by Gasteiger charge is 2.25.